The Morgan fingerprint density at radius 3 is 2.75 bits per heavy atom. The van der Waals surface area contributed by atoms with Crippen LogP contribution in [0.4, 0.5) is 0 Å². The topological polar surface area (TPSA) is 29.5 Å². The van der Waals surface area contributed by atoms with E-state index in [2.05, 4.69) is 15.9 Å². The standard InChI is InChI=1S/C12H14BrNO2/c1-12(14(2)3)7-16-10-5-4-8(13)6-9(10)11(12)15/h4-6H,7H2,1-3H3. The largest absolute Gasteiger partial charge is 0.490 e. The third kappa shape index (κ3) is 1.66. The van der Waals surface area contributed by atoms with Gasteiger partial charge in [0.2, 0.25) is 0 Å². The first-order valence-electron chi connectivity index (χ1n) is 5.10. The summed E-state index contributed by atoms with van der Waals surface area (Å²) in [7, 11) is 3.79. The third-order valence-corrected chi connectivity index (χ3v) is 3.66. The van der Waals surface area contributed by atoms with Gasteiger partial charge in [0.25, 0.3) is 0 Å². The second kappa shape index (κ2) is 3.86. The molecule has 1 aromatic carbocycles. The van der Waals surface area contributed by atoms with Crippen LogP contribution in [-0.4, -0.2) is 36.9 Å². The van der Waals surface area contributed by atoms with Gasteiger partial charge in [0.05, 0.1) is 5.56 Å². The van der Waals surface area contributed by atoms with Gasteiger partial charge in [-0.1, -0.05) is 15.9 Å². The number of hydrogen-bond donors (Lipinski definition) is 0. The third-order valence-electron chi connectivity index (χ3n) is 3.17. The van der Waals surface area contributed by atoms with E-state index in [0.717, 1.165) is 4.47 Å². The fraction of sp³-hybridized carbons (Fsp3) is 0.417. The SMILES string of the molecule is CN(C)C1(C)COc2ccc(Br)cc2C1=O. The summed E-state index contributed by atoms with van der Waals surface area (Å²) in [4.78, 5) is 14.3. The lowest BCUT2D eigenvalue weighted by Crippen LogP contribution is -2.55. The smallest absolute Gasteiger partial charge is 0.190 e. The van der Waals surface area contributed by atoms with Gasteiger partial charge in [-0.2, -0.15) is 0 Å². The van der Waals surface area contributed by atoms with Gasteiger partial charge in [-0.15, -0.1) is 0 Å². The molecule has 0 saturated carbocycles. The molecule has 1 aromatic rings. The molecule has 4 heteroatoms. The lowest BCUT2D eigenvalue weighted by atomic mass is 9.88. The molecular weight excluding hydrogens is 270 g/mol. The number of nitrogens with zero attached hydrogens (tertiary/aromatic N) is 1. The number of likely N-dealkylation sites (N-methyl/N-ethyl adjacent to an activating group) is 1. The monoisotopic (exact) mass is 283 g/mol. The van der Waals surface area contributed by atoms with Crippen molar-refractivity contribution in [2.24, 2.45) is 0 Å². The highest BCUT2D eigenvalue weighted by atomic mass is 79.9. The predicted molar refractivity (Wildman–Crippen MR) is 66.1 cm³/mol. The van der Waals surface area contributed by atoms with Crippen LogP contribution < -0.4 is 4.74 Å². The van der Waals surface area contributed by atoms with Crippen molar-refractivity contribution in [1.29, 1.82) is 0 Å². The maximum atomic E-state index is 12.4. The van der Waals surface area contributed by atoms with Gasteiger partial charge < -0.3 is 4.74 Å². The molecule has 1 unspecified atom stereocenters. The van der Waals surface area contributed by atoms with Crippen LogP contribution >= 0.6 is 15.9 Å². The highest BCUT2D eigenvalue weighted by Crippen LogP contribution is 2.33. The molecule has 0 bridgehead atoms. The van der Waals surface area contributed by atoms with Crippen LogP contribution in [0.2, 0.25) is 0 Å². The fourth-order valence-electron chi connectivity index (χ4n) is 1.71. The number of fused-ring (bicyclic) bond motifs is 1. The molecule has 1 aliphatic heterocycles. The van der Waals surface area contributed by atoms with Crippen LogP contribution in [0, 0.1) is 0 Å². The molecule has 0 aliphatic carbocycles. The molecule has 1 aliphatic rings. The van der Waals surface area contributed by atoms with Crippen LogP contribution in [0.1, 0.15) is 17.3 Å². The van der Waals surface area contributed by atoms with Crippen molar-refractivity contribution in [3.63, 3.8) is 0 Å². The number of carbonyl (C=O) groups excluding carboxylic acids is 1. The van der Waals surface area contributed by atoms with Crippen LogP contribution in [0.5, 0.6) is 5.75 Å². The zero-order valence-corrected chi connectivity index (χ0v) is 11.2. The zero-order valence-electron chi connectivity index (χ0n) is 9.58. The fourth-order valence-corrected chi connectivity index (χ4v) is 2.07. The van der Waals surface area contributed by atoms with E-state index in [1.807, 2.05) is 44.1 Å². The molecule has 0 N–H and O–H groups in total. The average Bonchev–Trinajstić information content (AvgIpc) is 2.24. The summed E-state index contributed by atoms with van der Waals surface area (Å²) in [5.41, 5.74) is 0.0742. The molecule has 0 aromatic heterocycles. The maximum Gasteiger partial charge on any atom is 0.190 e. The molecule has 2 rings (SSSR count). The van der Waals surface area contributed by atoms with Crippen molar-refractivity contribution >= 4 is 21.7 Å². The van der Waals surface area contributed by atoms with Crippen molar-refractivity contribution < 1.29 is 9.53 Å². The Balaban J connectivity index is 2.50. The van der Waals surface area contributed by atoms with Crippen LogP contribution in [0.3, 0.4) is 0 Å². The number of halogens is 1. The summed E-state index contributed by atoms with van der Waals surface area (Å²) in [5.74, 6) is 0.785. The molecule has 1 heterocycles. The Bertz CT molecular complexity index is 445. The van der Waals surface area contributed by atoms with Crippen LogP contribution in [0.15, 0.2) is 22.7 Å². The van der Waals surface area contributed by atoms with Crippen molar-refractivity contribution in [3.05, 3.63) is 28.2 Å². The molecule has 1 atom stereocenters. The Morgan fingerprint density at radius 1 is 1.44 bits per heavy atom. The molecule has 0 radical (unpaired) electrons. The van der Waals surface area contributed by atoms with Gasteiger partial charge in [-0.25, -0.2) is 0 Å². The number of carbonyl (C=O) groups is 1. The molecule has 0 saturated heterocycles. The Morgan fingerprint density at radius 2 is 2.12 bits per heavy atom. The van der Waals surface area contributed by atoms with Crippen molar-refractivity contribution in [3.8, 4) is 5.75 Å². The van der Waals surface area contributed by atoms with Crippen LogP contribution in [0.25, 0.3) is 0 Å². The van der Waals surface area contributed by atoms with Crippen LogP contribution in [-0.2, 0) is 0 Å². The van der Waals surface area contributed by atoms with Gasteiger partial charge in [0, 0.05) is 4.47 Å². The van der Waals surface area contributed by atoms with Crippen molar-refractivity contribution in [2.75, 3.05) is 20.7 Å². The average molecular weight is 284 g/mol. The molecule has 3 nitrogen and oxygen atoms in total. The Kier molecular flexibility index (Phi) is 2.80. The first-order valence-corrected chi connectivity index (χ1v) is 5.89. The first-order chi connectivity index (χ1) is 7.45. The van der Waals surface area contributed by atoms with Gasteiger partial charge in [0.1, 0.15) is 17.9 Å². The number of hydrogen-bond acceptors (Lipinski definition) is 3. The highest BCUT2D eigenvalue weighted by Gasteiger charge is 2.41. The molecule has 0 fully saturated rings. The Hall–Kier alpha value is -0.870. The summed E-state index contributed by atoms with van der Waals surface area (Å²) in [6, 6.07) is 5.52. The van der Waals surface area contributed by atoms with Gasteiger partial charge in [0.15, 0.2) is 5.78 Å². The Labute approximate surface area is 104 Å². The lowest BCUT2D eigenvalue weighted by molar-refractivity contribution is 0.0504. The summed E-state index contributed by atoms with van der Waals surface area (Å²) < 4.78 is 6.54. The van der Waals surface area contributed by atoms with Crippen molar-refractivity contribution in [1.82, 2.24) is 4.90 Å². The zero-order chi connectivity index (χ0) is 11.9. The van der Waals surface area contributed by atoms with E-state index >= 15 is 0 Å². The number of ether oxygens (including phenoxy) is 1. The normalized spacial score (nSPS) is 24.2. The maximum absolute atomic E-state index is 12.4. The molecule has 0 amide bonds. The summed E-state index contributed by atoms with van der Waals surface area (Å²) in [6.07, 6.45) is 0. The summed E-state index contributed by atoms with van der Waals surface area (Å²) >= 11 is 3.37. The molecule has 0 spiro atoms. The van der Waals surface area contributed by atoms with E-state index < -0.39 is 5.54 Å². The quantitative estimate of drug-likeness (QED) is 0.792. The minimum absolute atomic E-state index is 0.111. The number of Topliss-reactive ketones (excluding diaryl/α,β-unsaturated/α-hetero) is 1. The second-order valence-corrected chi connectivity index (χ2v) is 5.34. The van der Waals surface area contributed by atoms with E-state index in [1.54, 1.807) is 0 Å². The number of benzene rings is 1. The molecule has 16 heavy (non-hydrogen) atoms. The van der Waals surface area contributed by atoms with E-state index in [1.165, 1.54) is 0 Å². The van der Waals surface area contributed by atoms with E-state index in [0.29, 0.717) is 17.9 Å². The predicted octanol–water partition coefficient (Wildman–Crippen LogP) is 2.34. The van der Waals surface area contributed by atoms with E-state index in [4.69, 9.17) is 4.74 Å². The highest BCUT2D eigenvalue weighted by molar-refractivity contribution is 9.10. The first kappa shape index (κ1) is 11.6. The van der Waals surface area contributed by atoms with Gasteiger partial charge in [-0.3, -0.25) is 9.69 Å². The summed E-state index contributed by atoms with van der Waals surface area (Å²) in [6.45, 7) is 2.30. The second-order valence-electron chi connectivity index (χ2n) is 4.43. The minimum Gasteiger partial charge on any atom is -0.490 e. The molecule has 86 valence electrons. The van der Waals surface area contributed by atoms with Crippen molar-refractivity contribution in [2.45, 2.75) is 12.5 Å². The lowest BCUT2D eigenvalue weighted by Gasteiger charge is -2.38. The molecular formula is C12H14BrNO2. The summed E-state index contributed by atoms with van der Waals surface area (Å²) in [5, 5.41) is 0. The van der Waals surface area contributed by atoms with E-state index in [-0.39, 0.29) is 5.78 Å². The minimum atomic E-state index is -0.576. The number of rotatable bonds is 1. The van der Waals surface area contributed by atoms with Gasteiger partial charge >= 0.3 is 0 Å². The van der Waals surface area contributed by atoms with Gasteiger partial charge in [-0.05, 0) is 39.2 Å². The van der Waals surface area contributed by atoms with E-state index in [9.17, 15) is 4.79 Å². The number of ketones is 1.